The number of para-hydroxylation sites is 1. The van der Waals surface area contributed by atoms with Crippen LogP contribution >= 0.6 is 0 Å². The quantitative estimate of drug-likeness (QED) is 0.509. The van der Waals surface area contributed by atoms with Crippen LogP contribution in [0.4, 0.5) is 17.1 Å². The molecule has 1 aliphatic rings. The summed E-state index contributed by atoms with van der Waals surface area (Å²) in [4.78, 5) is 15.3. The highest BCUT2D eigenvalue weighted by atomic mass is 16.6. The summed E-state index contributed by atoms with van der Waals surface area (Å²) in [5.41, 5.74) is 6.76. The molecule has 0 spiro atoms. The van der Waals surface area contributed by atoms with Gasteiger partial charge in [-0.05, 0) is 32.9 Å². The second kappa shape index (κ2) is 5.28. The van der Waals surface area contributed by atoms with Crippen molar-refractivity contribution in [2.24, 2.45) is 0 Å². The molecule has 2 rings (SSSR count). The van der Waals surface area contributed by atoms with Crippen LogP contribution in [-0.2, 0) is 0 Å². The monoisotopic (exact) mass is 278 g/mol. The van der Waals surface area contributed by atoms with Gasteiger partial charge in [-0.2, -0.15) is 0 Å². The van der Waals surface area contributed by atoms with Crippen LogP contribution in [0, 0.1) is 10.1 Å². The Bertz CT molecular complexity index is 502. The lowest BCUT2D eigenvalue weighted by Gasteiger charge is -2.42. The molecular formula is C14H22N4O2. The minimum atomic E-state index is -0.388. The van der Waals surface area contributed by atoms with Crippen molar-refractivity contribution in [3.63, 3.8) is 0 Å². The first-order chi connectivity index (χ1) is 9.30. The number of nitro benzene ring substituents is 1. The molecule has 0 aromatic heterocycles. The molecule has 0 saturated carbocycles. The molecule has 2 N–H and O–H groups in total. The van der Waals surface area contributed by atoms with Gasteiger partial charge in [-0.3, -0.25) is 15.0 Å². The molecule has 6 heteroatoms. The van der Waals surface area contributed by atoms with Crippen LogP contribution < -0.4 is 10.6 Å². The van der Waals surface area contributed by atoms with Crippen LogP contribution in [0.3, 0.4) is 0 Å². The maximum atomic E-state index is 11.2. The largest absolute Gasteiger partial charge is 0.393 e. The zero-order valence-corrected chi connectivity index (χ0v) is 12.3. The first-order valence-corrected chi connectivity index (χ1v) is 6.83. The molecule has 0 unspecified atom stereocenters. The fraction of sp³-hybridized carbons (Fsp3) is 0.571. The van der Waals surface area contributed by atoms with E-state index in [4.69, 9.17) is 5.73 Å². The Morgan fingerprint density at radius 3 is 2.30 bits per heavy atom. The molecule has 1 heterocycles. The van der Waals surface area contributed by atoms with Gasteiger partial charge in [0, 0.05) is 31.7 Å². The summed E-state index contributed by atoms with van der Waals surface area (Å²) in [7, 11) is 0. The average Bonchev–Trinajstić information content (AvgIpc) is 2.37. The van der Waals surface area contributed by atoms with Gasteiger partial charge in [0.2, 0.25) is 0 Å². The topological polar surface area (TPSA) is 75.6 Å². The van der Waals surface area contributed by atoms with Gasteiger partial charge in [-0.1, -0.05) is 6.07 Å². The predicted molar refractivity (Wildman–Crippen MR) is 81.0 cm³/mol. The third-order valence-corrected chi connectivity index (χ3v) is 3.80. The Hall–Kier alpha value is -1.82. The lowest BCUT2D eigenvalue weighted by atomic mass is 10.0. The molecule has 0 amide bonds. The first kappa shape index (κ1) is 14.6. The van der Waals surface area contributed by atoms with Gasteiger partial charge in [0.1, 0.15) is 11.4 Å². The van der Waals surface area contributed by atoms with Gasteiger partial charge >= 0.3 is 5.69 Å². The van der Waals surface area contributed by atoms with E-state index in [1.54, 1.807) is 18.2 Å². The van der Waals surface area contributed by atoms with Gasteiger partial charge < -0.3 is 10.6 Å². The van der Waals surface area contributed by atoms with Crippen LogP contribution in [0.1, 0.15) is 20.8 Å². The summed E-state index contributed by atoms with van der Waals surface area (Å²) in [5.74, 6) is 0. The van der Waals surface area contributed by atoms with Crippen molar-refractivity contribution >= 4 is 17.1 Å². The fourth-order valence-electron chi connectivity index (χ4n) is 2.62. The number of benzene rings is 1. The van der Waals surface area contributed by atoms with Gasteiger partial charge in [-0.15, -0.1) is 0 Å². The Morgan fingerprint density at radius 2 is 1.80 bits per heavy atom. The van der Waals surface area contributed by atoms with Gasteiger partial charge in [-0.25, -0.2) is 0 Å². The number of rotatable bonds is 2. The van der Waals surface area contributed by atoms with Crippen LogP contribution in [0.25, 0.3) is 0 Å². The molecule has 1 aromatic carbocycles. The molecule has 0 bridgehead atoms. The van der Waals surface area contributed by atoms with E-state index in [2.05, 4.69) is 30.6 Å². The van der Waals surface area contributed by atoms with Gasteiger partial charge in [0.15, 0.2) is 0 Å². The van der Waals surface area contributed by atoms with Crippen LogP contribution in [-0.4, -0.2) is 41.5 Å². The van der Waals surface area contributed by atoms with Crippen molar-refractivity contribution in [3.05, 3.63) is 28.3 Å². The lowest BCUT2D eigenvalue weighted by molar-refractivity contribution is -0.383. The third-order valence-electron chi connectivity index (χ3n) is 3.80. The van der Waals surface area contributed by atoms with Crippen molar-refractivity contribution < 1.29 is 4.92 Å². The normalized spacial score (nSPS) is 17.2. The second-order valence-electron chi connectivity index (χ2n) is 6.12. The molecule has 0 aliphatic carbocycles. The minimum absolute atomic E-state index is 0.0247. The Morgan fingerprint density at radius 1 is 1.20 bits per heavy atom. The molecule has 1 fully saturated rings. The number of anilines is 2. The highest BCUT2D eigenvalue weighted by Gasteiger charge is 2.29. The minimum Gasteiger partial charge on any atom is -0.393 e. The molecule has 0 atom stereocenters. The van der Waals surface area contributed by atoms with Crippen LogP contribution in [0.15, 0.2) is 18.2 Å². The zero-order valence-electron chi connectivity index (χ0n) is 12.3. The number of nitrogen functional groups attached to an aromatic ring is 1. The van der Waals surface area contributed by atoms with Crippen LogP contribution in [0.2, 0.25) is 0 Å². The molecule has 110 valence electrons. The predicted octanol–water partition coefficient (Wildman–Crippen LogP) is 2.10. The summed E-state index contributed by atoms with van der Waals surface area (Å²) in [6.45, 7) is 9.91. The van der Waals surface area contributed by atoms with Crippen molar-refractivity contribution in [1.29, 1.82) is 0 Å². The Labute approximate surface area is 119 Å². The van der Waals surface area contributed by atoms with Crippen molar-refractivity contribution in [3.8, 4) is 0 Å². The standard InChI is InChI=1S/C14H22N4O2/c1-14(2,3)17-9-7-16(8-10-17)12-6-4-5-11(15)13(12)18(19)20/h4-6H,7-10,15H2,1-3H3. The Balaban J connectivity index is 2.19. The van der Waals surface area contributed by atoms with Crippen LogP contribution in [0.5, 0.6) is 0 Å². The third kappa shape index (κ3) is 2.85. The highest BCUT2D eigenvalue weighted by Crippen LogP contribution is 2.34. The summed E-state index contributed by atoms with van der Waals surface area (Å²) >= 11 is 0. The van der Waals surface area contributed by atoms with E-state index in [0.29, 0.717) is 5.69 Å². The number of nitrogens with zero attached hydrogens (tertiary/aromatic N) is 3. The lowest BCUT2D eigenvalue weighted by Crippen LogP contribution is -2.53. The number of nitro groups is 1. The number of hydrogen-bond acceptors (Lipinski definition) is 5. The molecule has 1 aliphatic heterocycles. The first-order valence-electron chi connectivity index (χ1n) is 6.83. The van der Waals surface area contributed by atoms with E-state index in [1.165, 1.54) is 0 Å². The summed E-state index contributed by atoms with van der Waals surface area (Å²) in [5, 5.41) is 11.2. The Kier molecular flexibility index (Phi) is 3.85. The molecular weight excluding hydrogens is 256 g/mol. The van der Waals surface area contributed by atoms with E-state index in [9.17, 15) is 10.1 Å². The van der Waals surface area contributed by atoms with Crippen molar-refractivity contribution in [1.82, 2.24) is 4.90 Å². The van der Waals surface area contributed by atoms with E-state index >= 15 is 0 Å². The number of hydrogen-bond donors (Lipinski definition) is 1. The molecule has 1 saturated heterocycles. The van der Waals surface area contributed by atoms with Crippen molar-refractivity contribution in [2.75, 3.05) is 36.8 Å². The fourth-order valence-corrected chi connectivity index (χ4v) is 2.62. The maximum absolute atomic E-state index is 11.2. The summed E-state index contributed by atoms with van der Waals surface area (Å²) in [6, 6.07) is 5.13. The zero-order chi connectivity index (χ0) is 14.9. The average molecular weight is 278 g/mol. The molecule has 6 nitrogen and oxygen atoms in total. The second-order valence-corrected chi connectivity index (χ2v) is 6.12. The van der Waals surface area contributed by atoms with E-state index in [-0.39, 0.29) is 21.8 Å². The van der Waals surface area contributed by atoms with Gasteiger partial charge in [0.25, 0.3) is 0 Å². The number of nitrogens with two attached hydrogens (primary N) is 1. The SMILES string of the molecule is CC(C)(C)N1CCN(c2cccc(N)c2[N+](=O)[O-])CC1. The number of piperazine rings is 1. The molecule has 1 aromatic rings. The van der Waals surface area contributed by atoms with Crippen molar-refractivity contribution in [2.45, 2.75) is 26.3 Å². The molecule has 0 radical (unpaired) electrons. The highest BCUT2D eigenvalue weighted by molar-refractivity contribution is 5.75. The van der Waals surface area contributed by atoms with Gasteiger partial charge in [0.05, 0.1) is 4.92 Å². The van der Waals surface area contributed by atoms with E-state index < -0.39 is 0 Å². The summed E-state index contributed by atoms with van der Waals surface area (Å²) in [6.07, 6.45) is 0. The smallest absolute Gasteiger partial charge is 0.315 e. The van der Waals surface area contributed by atoms with E-state index in [0.717, 1.165) is 26.2 Å². The van der Waals surface area contributed by atoms with E-state index in [1.807, 2.05) is 0 Å². The summed E-state index contributed by atoms with van der Waals surface area (Å²) < 4.78 is 0. The molecule has 20 heavy (non-hydrogen) atoms. The maximum Gasteiger partial charge on any atom is 0.315 e.